The number of hydrogen-bond donors (Lipinski definition) is 0. The molecule has 112 valence electrons. The lowest BCUT2D eigenvalue weighted by atomic mass is 10.2. The van der Waals surface area contributed by atoms with Crippen LogP contribution in [-0.2, 0) is 0 Å². The second kappa shape index (κ2) is 5.87. The molecule has 1 aromatic carbocycles. The van der Waals surface area contributed by atoms with Gasteiger partial charge in [0.15, 0.2) is 6.29 Å². The molecular weight excluding hydrogens is 272 g/mol. The normalized spacial score (nSPS) is 11.9. The molecule has 0 amide bonds. The first kappa shape index (κ1) is 16.6. The minimum atomic E-state index is -2.03. The minimum Gasteiger partial charge on any atom is -0.543 e. The van der Waals surface area contributed by atoms with Gasteiger partial charge in [-0.1, -0.05) is 20.8 Å². The Balaban J connectivity index is 3.33. The van der Waals surface area contributed by atoms with Crippen molar-refractivity contribution in [2.24, 2.45) is 0 Å². The molecule has 0 aliphatic carbocycles. The number of ether oxygens (including phenoxy) is 2. The third-order valence-electron chi connectivity index (χ3n) is 3.82. The maximum absolute atomic E-state index is 11.4. The summed E-state index contributed by atoms with van der Waals surface area (Å²) in [6, 6.07) is 3.43. The molecule has 1 rings (SSSR count). The lowest BCUT2D eigenvalue weighted by Crippen LogP contribution is -2.44. The third-order valence-corrected chi connectivity index (χ3v) is 8.16. The van der Waals surface area contributed by atoms with E-state index in [1.165, 1.54) is 7.11 Å². The van der Waals surface area contributed by atoms with E-state index >= 15 is 0 Å². The lowest BCUT2D eigenvalue weighted by Gasteiger charge is -2.37. The highest BCUT2D eigenvalue weighted by Gasteiger charge is 2.39. The second-order valence-electron chi connectivity index (χ2n) is 6.22. The molecule has 0 aliphatic heterocycles. The van der Waals surface area contributed by atoms with E-state index < -0.39 is 8.32 Å². The van der Waals surface area contributed by atoms with Gasteiger partial charge in [-0.3, -0.25) is 4.79 Å². The number of carbonyl (C=O) groups excluding carboxylic acids is 1. The second-order valence-corrected chi connectivity index (χ2v) is 10.9. The Bertz CT molecular complexity index is 489. The quantitative estimate of drug-likeness (QED) is 0.610. The van der Waals surface area contributed by atoms with E-state index in [4.69, 9.17) is 13.9 Å². The number of hydrogen-bond acceptors (Lipinski definition) is 4. The van der Waals surface area contributed by atoms with Gasteiger partial charge in [0.2, 0.25) is 0 Å². The van der Waals surface area contributed by atoms with Crippen molar-refractivity contribution in [3.8, 4) is 17.2 Å². The molecule has 0 unspecified atom stereocenters. The first-order valence-electron chi connectivity index (χ1n) is 6.56. The number of rotatable bonds is 5. The van der Waals surface area contributed by atoms with Gasteiger partial charge in [-0.05, 0) is 18.1 Å². The van der Waals surface area contributed by atoms with Crippen molar-refractivity contribution in [3.63, 3.8) is 0 Å². The molecule has 4 nitrogen and oxygen atoms in total. The van der Waals surface area contributed by atoms with Gasteiger partial charge in [-0.15, -0.1) is 0 Å². The van der Waals surface area contributed by atoms with Gasteiger partial charge in [0.1, 0.15) is 17.2 Å². The van der Waals surface area contributed by atoms with E-state index in [2.05, 4.69) is 33.9 Å². The summed E-state index contributed by atoms with van der Waals surface area (Å²) in [6.45, 7) is 10.7. The summed E-state index contributed by atoms with van der Waals surface area (Å²) >= 11 is 0. The van der Waals surface area contributed by atoms with Gasteiger partial charge >= 0.3 is 0 Å². The fourth-order valence-electron chi connectivity index (χ4n) is 1.49. The molecule has 20 heavy (non-hydrogen) atoms. The van der Waals surface area contributed by atoms with Gasteiger partial charge in [0.25, 0.3) is 8.32 Å². The van der Waals surface area contributed by atoms with Crippen LogP contribution in [0.4, 0.5) is 0 Å². The van der Waals surface area contributed by atoms with Gasteiger partial charge in [-0.25, -0.2) is 0 Å². The Labute approximate surface area is 122 Å². The van der Waals surface area contributed by atoms with Crippen molar-refractivity contribution in [1.29, 1.82) is 0 Å². The Kier molecular flexibility index (Phi) is 4.86. The van der Waals surface area contributed by atoms with Gasteiger partial charge in [0, 0.05) is 12.1 Å². The smallest absolute Gasteiger partial charge is 0.250 e. The lowest BCUT2D eigenvalue weighted by molar-refractivity contribution is 0.111. The topological polar surface area (TPSA) is 44.8 Å². The highest BCUT2D eigenvalue weighted by Crippen LogP contribution is 2.40. The number of methoxy groups -OCH3 is 2. The molecule has 0 saturated heterocycles. The van der Waals surface area contributed by atoms with E-state index in [1.807, 2.05) is 0 Å². The van der Waals surface area contributed by atoms with Crippen LogP contribution in [0.1, 0.15) is 31.1 Å². The Morgan fingerprint density at radius 1 is 1.05 bits per heavy atom. The summed E-state index contributed by atoms with van der Waals surface area (Å²) in [7, 11) is 1.07. The van der Waals surface area contributed by atoms with E-state index in [-0.39, 0.29) is 5.04 Å². The molecule has 5 heteroatoms. The predicted octanol–water partition coefficient (Wildman–Crippen LogP) is 3.90. The van der Waals surface area contributed by atoms with Crippen LogP contribution < -0.4 is 13.9 Å². The SMILES string of the molecule is COc1cc(OC)c(C=O)c(O[Si](C)(C)C(C)(C)C)c1. The van der Waals surface area contributed by atoms with Crippen molar-refractivity contribution < 1.29 is 18.7 Å². The van der Waals surface area contributed by atoms with E-state index in [9.17, 15) is 4.79 Å². The van der Waals surface area contributed by atoms with Crippen molar-refractivity contribution >= 4 is 14.6 Å². The van der Waals surface area contributed by atoms with Crippen molar-refractivity contribution in [2.75, 3.05) is 14.2 Å². The van der Waals surface area contributed by atoms with Crippen molar-refractivity contribution in [3.05, 3.63) is 17.7 Å². The molecule has 1 aromatic rings. The average molecular weight is 296 g/mol. The average Bonchev–Trinajstić information content (AvgIpc) is 2.35. The molecule has 0 bridgehead atoms. The van der Waals surface area contributed by atoms with Gasteiger partial charge in [-0.2, -0.15) is 0 Å². The summed E-state index contributed by atoms with van der Waals surface area (Å²) in [5.74, 6) is 1.61. The van der Waals surface area contributed by atoms with E-state index in [1.54, 1.807) is 19.2 Å². The van der Waals surface area contributed by atoms with Gasteiger partial charge in [0.05, 0.1) is 19.8 Å². The molecular formula is C15H24O4Si. The van der Waals surface area contributed by atoms with Crippen LogP contribution in [0.5, 0.6) is 17.2 Å². The van der Waals surface area contributed by atoms with Crippen LogP contribution in [-0.4, -0.2) is 28.8 Å². The van der Waals surface area contributed by atoms with Crippen LogP contribution in [0, 0.1) is 0 Å². The van der Waals surface area contributed by atoms with Crippen LogP contribution in [0.2, 0.25) is 18.1 Å². The fraction of sp³-hybridized carbons (Fsp3) is 0.533. The fourth-order valence-corrected chi connectivity index (χ4v) is 2.52. The molecule has 0 radical (unpaired) electrons. The molecule has 0 aromatic heterocycles. The molecule has 0 spiro atoms. The zero-order valence-electron chi connectivity index (χ0n) is 13.4. The number of benzene rings is 1. The van der Waals surface area contributed by atoms with Gasteiger partial charge < -0.3 is 13.9 Å². The van der Waals surface area contributed by atoms with Crippen molar-refractivity contribution in [2.45, 2.75) is 38.9 Å². The molecule has 0 saturated carbocycles. The molecule has 0 heterocycles. The zero-order valence-corrected chi connectivity index (χ0v) is 14.4. The Morgan fingerprint density at radius 2 is 1.60 bits per heavy atom. The summed E-state index contributed by atoms with van der Waals surface area (Å²) in [4.78, 5) is 11.4. The first-order valence-corrected chi connectivity index (χ1v) is 9.47. The van der Waals surface area contributed by atoms with Crippen molar-refractivity contribution in [1.82, 2.24) is 0 Å². The summed E-state index contributed by atoms with van der Waals surface area (Å²) in [5.41, 5.74) is 0.429. The molecule has 0 atom stereocenters. The highest BCUT2D eigenvalue weighted by atomic mass is 28.4. The highest BCUT2D eigenvalue weighted by molar-refractivity contribution is 6.74. The monoisotopic (exact) mass is 296 g/mol. The first-order chi connectivity index (χ1) is 9.16. The summed E-state index contributed by atoms with van der Waals surface area (Å²) < 4.78 is 16.7. The maximum atomic E-state index is 11.4. The van der Waals surface area contributed by atoms with Crippen LogP contribution >= 0.6 is 0 Å². The maximum Gasteiger partial charge on any atom is 0.250 e. The van der Waals surface area contributed by atoms with E-state index in [0.717, 1.165) is 6.29 Å². The van der Waals surface area contributed by atoms with E-state index in [0.29, 0.717) is 22.8 Å². The molecule has 0 fully saturated rings. The Morgan fingerprint density at radius 3 is 2.00 bits per heavy atom. The minimum absolute atomic E-state index is 0.0451. The summed E-state index contributed by atoms with van der Waals surface area (Å²) in [5, 5.41) is 0.0451. The molecule has 0 aliphatic rings. The Hall–Kier alpha value is -1.49. The third kappa shape index (κ3) is 3.33. The standard InChI is InChI=1S/C15H24O4Si/c1-15(2,3)20(6,7)19-14-9-11(17-4)8-13(18-5)12(14)10-16/h8-10H,1-7H3. The number of carbonyl (C=O) groups is 1. The largest absolute Gasteiger partial charge is 0.543 e. The molecule has 0 N–H and O–H groups in total. The van der Waals surface area contributed by atoms with Crippen LogP contribution in [0.15, 0.2) is 12.1 Å². The van der Waals surface area contributed by atoms with Crippen LogP contribution in [0.3, 0.4) is 0 Å². The summed E-state index contributed by atoms with van der Waals surface area (Å²) in [6.07, 6.45) is 0.765. The number of aldehydes is 1. The zero-order chi connectivity index (χ0) is 15.6. The van der Waals surface area contributed by atoms with Crippen LogP contribution in [0.25, 0.3) is 0 Å². The predicted molar refractivity (Wildman–Crippen MR) is 82.8 cm³/mol.